The first-order valence-electron chi connectivity index (χ1n) is 7.70. The average Bonchev–Trinajstić information content (AvgIpc) is 2.38. The Morgan fingerprint density at radius 3 is 2.30 bits per heavy atom. The van der Waals surface area contributed by atoms with Gasteiger partial charge in [-0.15, -0.1) is 0 Å². The molecule has 0 radical (unpaired) electrons. The van der Waals surface area contributed by atoms with Crippen LogP contribution in [-0.2, 0) is 14.3 Å². The van der Waals surface area contributed by atoms with Crippen LogP contribution in [-0.4, -0.2) is 73.3 Å². The van der Waals surface area contributed by atoms with Crippen molar-refractivity contribution in [1.82, 2.24) is 9.80 Å². The molecule has 0 unspecified atom stereocenters. The molecule has 2 rings (SSSR count). The van der Waals surface area contributed by atoms with Crippen LogP contribution in [0.15, 0.2) is 0 Å². The van der Waals surface area contributed by atoms with Gasteiger partial charge in [0.1, 0.15) is 5.60 Å². The van der Waals surface area contributed by atoms with Gasteiger partial charge in [0.05, 0.1) is 19.8 Å². The Morgan fingerprint density at radius 2 is 1.75 bits per heavy atom. The quantitative estimate of drug-likeness (QED) is 0.727. The molecule has 0 atom stereocenters. The maximum Gasteiger partial charge on any atom is 0.320 e. The van der Waals surface area contributed by atoms with Gasteiger partial charge in [-0.05, 0) is 33.6 Å². The second-order valence-corrected chi connectivity index (χ2v) is 6.74. The van der Waals surface area contributed by atoms with Crippen molar-refractivity contribution in [1.29, 1.82) is 0 Å². The van der Waals surface area contributed by atoms with Crippen LogP contribution in [0.1, 0.15) is 33.6 Å². The zero-order valence-corrected chi connectivity index (χ0v) is 13.1. The van der Waals surface area contributed by atoms with E-state index in [-0.39, 0.29) is 11.6 Å². The van der Waals surface area contributed by atoms with Gasteiger partial charge in [-0.1, -0.05) is 0 Å². The zero-order chi connectivity index (χ0) is 14.6. The minimum atomic E-state index is -0.386. The maximum absolute atomic E-state index is 11.8. The van der Waals surface area contributed by atoms with Gasteiger partial charge in [0.2, 0.25) is 0 Å². The van der Waals surface area contributed by atoms with Gasteiger partial charge in [0.25, 0.3) is 0 Å². The van der Waals surface area contributed by atoms with Crippen molar-refractivity contribution in [3.8, 4) is 0 Å². The largest absolute Gasteiger partial charge is 0.459 e. The topological polar surface area (TPSA) is 42.0 Å². The molecule has 0 aromatic heterocycles. The zero-order valence-electron chi connectivity index (χ0n) is 13.1. The molecule has 2 saturated heterocycles. The van der Waals surface area contributed by atoms with Gasteiger partial charge in [-0.2, -0.15) is 0 Å². The van der Waals surface area contributed by atoms with Crippen molar-refractivity contribution in [2.24, 2.45) is 0 Å². The molecular weight excluding hydrogens is 256 g/mol. The van der Waals surface area contributed by atoms with Crippen LogP contribution in [0, 0.1) is 0 Å². The van der Waals surface area contributed by atoms with E-state index < -0.39 is 0 Å². The third kappa shape index (κ3) is 5.04. The first kappa shape index (κ1) is 15.7. The second-order valence-electron chi connectivity index (χ2n) is 6.74. The summed E-state index contributed by atoms with van der Waals surface area (Å²) in [6.07, 6.45) is 2.28. The molecule has 0 saturated carbocycles. The molecular formula is C15H28N2O3. The molecule has 5 heteroatoms. The third-order valence-electron chi connectivity index (χ3n) is 3.89. The fourth-order valence-corrected chi connectivity index (χ4v) is 2.94. The summed E-state index contributed by atoms with van der Waals surface area (Å²) in [6, 6.07) is 0.661. The molecule has 0 aromatic carbocycles. The molecule has 116 valence electrons. The maximum atomic E-state index is 11.8. The SMILES string of the molecule is CC(C)(C)OC(=O)CN1CCC(N2CCOCC2)CC1. The van der Waals surface area contributed by atoms with E-state index in [2.05, 4.69) is 9.80 Å². The Balaban J connectivity index is 1.70. The molecule has 0 aromatic rings. The fraction of sp³-hybridized carbons (Fsp3) is 0.933. The van der Waals surface area contributed by atoms with Crippen LogP contribution in [0.5, 0.6) is 0 Å². The molecule has 0 aliphatic carbocycles. The van der Waals surface area contributed by atoms with E-state index in [1.165, 1.54) is 0 Å². The van der Waals surface area contributed by atoms with E-state index in [9.17, 15) is 4.79 Å². The highest BCUT2D eigenvalue weighted by molar-refractivity contribution is 5.72. The van der Waals surface area contributed by atoms with Gasteiger partial charge < -0.3 is 9.47 Å². The number of likely N-dealkylation sites (tertiary alicyclic amines) is 1. The lowest BCUT2D eigenvalue weighted by Gasteiger charge is -2.39. The Morgan fingerprint density at radius 1 is 1.15 bits per heavy atom. The number of carbonyl (C=O) groups excluding carboxylic acids is 1. The Hall–Kier alpha value is -0.650. The molecule has 2 aliphatic heterocycles. The highest BCUT2D eigenvalue weighted by atomic mass is 16.6. The predicted octanol–water partition coefficient (Wildman–Crippen LogP) is 1.12. The molecule has 0 amide bonds. The molecule has 5 nitrogen and oxygen atoms in total. The Labute approximate surface area is 122 Å². The lowest BCUT2D eigenvalue weighted by molar-refractivity contribution is -0.156. The van der Waals surface area contributed by atoms with Crippen LogP contribution in [0.25, 0.3) is 0 Å². The molecule has 0 spiro atoms. The van der Waals surface area contributed by atoms with Crippen molar-refractivity contribution >= 4 is 5.97 Å². The molecule has 0 N–H and O–H groups in total. The van der Waals surface area contributed by atoms with Crippen LogP contribution in [0.2, 0.25) is 0 Å². The van der Waals surface area contributed by atoms with Gasteiger partial charge >= 0.3 is 5.97 Å². The summed E-state index contributed by atoms with van der Waals surface area (Å²) in [5.74, 6) is -0.109. The van der Waals surface area contributed by atoms with Crippen molar-refractivity contribution < 1.29 is 14.3 Å². The summed E-state index contributed by atoms with van der Waals surface area (Å²) in [7, 11) is 0. The number of hydrogen-bond donors (Lipinski definition) is 0. The standard InChI is InChI=1S/C15H28N2O3/c1-15(2,3)20-14(18)12-16-6-4-13(5-7-16)17-8-10-19-11-9-17/h13H,4-12H2,1-3H3. The summed E-state index contributed by atoms with van der Waals surface area (Å²) >= 11 is 0. The fourth-order valence-electron chi connectivity index (χ4n) is 2.94. The van der Waals surface area contributed by atoms with E-state index in [1.54, 1.807) is 0 Å². The highest BCUT2D eigenvalue weighted by Crippen LogP contribution is 2.18. The van der Waals surface area contributed by atoms with Crippen molar-refractivity contribution in [3.63, 3.8) is 0 Å². The first-order chi connectivity index (χ1) is 9.44. The number of esters is 1. The van der Waals surface area contributed by atoms with Crippen LogP contribution in [0.4, 0.5) is 0 Å². The average molecular weight is 284 g/mol. The summed E-state index contributed by atoms with van der Waals surface area (Å²) in [5, 5.41) is 0. The van der Waals surface area contributed by atoms with Crippen molar-refractivity contribution in [2.75, 3.05) is 45.9 Å². The molecule has 2 fully saturated rings. The lowest BCUT2D eigenvalue weighted by Crippen LogP contribution is -2.50. The number of morpholine rings is 1. The van der Waals surface area contributed by atoms with E-state index in [0.717, 1.165) is 52.2 Å². The summed E-state index contributed by atoms with van der Waals surface area (Å²) in [5.41, 5.74) is -0.386. The number of rotatable bonds is 3. The van der Waals surface area contributed by atoms with Gasteiger partial charge in [0.15, 0.2) is 0 Å². The van der Waals surface area contributed by atoms with E-state index in [0.29, 0.717) is 12.6 Å². The Bertz CT molecular complexity index is 314. The van der Waals surface area contributed by atoms with Crippen molar-refractivity contribution in [3.05, 3.63) is 0 Å². The van der Waals surface area contributed by atoms with Gasteiger partial charge in [-0.25, -0.2) is 0 Å². The number of nitrogens with zero attached hydrogens (tertiary/aromatic N) is 2. The summed E-state index contributed by atoms with van der Waals surface area (Å²) in [6.45, 7) is 12.0. The number of ether oxygens (including phenoxy) is 2. The third-order valence-corrected chi connectivity index (χ3v) is 3.89. The van der Waals surface area contributed by atoms with Crippen LogP contribution >= 0.6 is 0 Å². The smallest absolute Gasteiger partial charge is 0.320 e. The number of piperidine rings is 1. The van der Waals surface area contributed by atoms with Gasteiger partial charge in [-0.3, -0.25) is 14.6 Å². The minimum absolute atomic E-state index is 0.109. The van der Waals surface area contributed by atoms with Gasteiger partial charge in [0, 0.05) is 32.2 Å². The normalized spacial score (nSPS) is 23.8. The Kier molecular flexibility index (Phi) is 5.41. The number of carbonyl (C=O) groups is 1. The van der Waals surface area contributed by atoms with E-state index >= 15 is 0 Å². The van der Waals surface area contributed by atoms with Crippen molar-refractivity contribution in [2.45, 2.75) is 45.3 Å². The van der Waals surface area contributed by atoms with Crippen LogP contribution < -0.4 is 0 Å². The number of hydrogen-bond acceptors (Lipinski definition) is 5. The molecule has 20 heavy (non-hydrogen) atoms. The molecule has 0 bridgehead atoms. The highest BCUT2D eigenvalue weighted by Gasteiger charge is 2.27. The monoisotopic (exact) mass is 284 g/mol. The summed E-state index contributed by atoms with van der Waals surface area (Å²) in [4.78, 5) is 16.6. The van der Waals surface area contributed by atoms with E-state index in [4.69, 9.17) is 9.47 Å². The summed E-state index contributed by atoms with van der Waals surface area (Å²) < 4.78 is 10.8. The van der Waals surface area contributed by atoms with E-state index in [1.807, 2.05) is 20.8 Å². The molecule has 2 aliphatic rings. The van der Waals surface area contributed by atoms with Crippen LogP contribution in [0.3, 0.4) is 0 Å². The minimum Gasteiger partial charge on any atom is -0.459 e. The first-order valence-corrected chi connectivity index (χ1v) is 7.70. The lowest BCUT2D eigenvalue weighted by atomic mass is 10.0. The predicted molar refractivity (Wildman–Crippen MR) is 77.7 cm³/mol. The molecule has 2 heterocycles. The second kappa shape index (κ2) is 6.87.